The van der Waals surface area contributed by atoms with Crippen molar-refractivity contribution in [2.45, 2.75) is 60.0 Å². The van der Waals surface area contributed by atoms with Crippen LogP contribution in [0.3, 0.4) is 0 Å². The van der Waals surface area contributed by atoms with Gasteiger partial charge in [-0.15, -0.1) is 0 Å². The molecule has 0 saturated heterocycles. The molecule has 1 rings (SSSR count). The fourth-order valence-electron chi connectivity index (χ4n) is 2.65. The van der Waals surface area contributed by atoms with E-state index in [-0.39, 0.29) is 11.8 Å². The van der Waals surface area contributed by atoms with Crippen LogP contribution >= 0.6 is 0 Å². The molecular formula is C20H33N3O2. The number of hydrogen-bond donors (Lipinski definition) is 3. The van der Waals surface area contributed by atoms with E-state index in [1.165, 1.54) is 0 Å². The Balaban J connectivity index is 2.69. The molecule has 25 heavy (non-hydrogen) atoms. The van der Waals surface area contributed by atoms with Crippen LogP contribution < -0.4 is 16.4 Å². The number of carbonyl (C=O) groups is 2. The number of hydrogen-bond acceptors (Lipinski definition) is 3. The molecule has 140 valence electrons. The van der Waals surface area contributed by atoms with Crippen LogP contribution in [0.25, 0.3) is 0 Å². The van der Waals surface area contributed by atoms with E-state index in [2.05, 4.69) is 24.5 Å². The molecule has 0 fully saturated rings. The Morgan fingerprint density at radius 2 is 1.64 bits per heavy atom. The molecule has 0 aromatic heterocycles. The van der Waals surface area contributed by atoms with Crippen LogP contribution in [0.15, 0.2) is 24.3 Å². The van der Waals surface area contributed by atoms with Crippen molar-refractivity contribution in [2.24, 2.45) is 17.1 Å². The van der Waals surface area contributed by atoms with Gasteiger partial charge in [0, 0.05) is 29.6 Å². The molecule has 0 heterocycles. The maximum atomic E-state index is 12.5. The monoisotopic (exact) mass is 347 g/mol. The summed E-state index contributed by atoms with van der Waals surface area (Å²) < 4.78 is 0. The van der Waals surface area contributed by atoms with Crippen LogP contribution in [-0.4, -0.2) is 23.9 Å². The van der Waals surface area contributed by atoms with Gasteiger partial charge in [-0.1, -0.05) is 46.8 Å². The van der Waals surface area contributed by atoms with Crippen molar-refractivity contribution < 1.29 is 9.59 Å². The molecule has 5 heteroatoms. The third kappa shape index (κ3) is 6.86. The van der Waals surface area contributed by atoms with Crippen molar-refractivity contribution in [3.63, 3.8) is 0 Å². The average molecular weight is 348 g/mol. The molecule has 4 N–H and O–H groups in total. The van der Waals surface area contributed by atoms with E-state index in [0.717, 1.165) is 12.0 Å². The van der Waals surface area contributed by atoms with Crippen molar-refractivity contribution in [3.05, 3.63) is 35.4 Å². The normalized spacial score (nSPS) is 14.1. The number of amides is 2. The van der Waals surface area contributed by atoms with Crippen LogP contribution in [0.1, 0.15) is 63.9 Å². The van der Waals surface area contributed by atoms with Crippen molar-refractivity contribution in [1.29, 1.82) is 0 Å². The maximum Gasteiger partial charge on any atom is 0.251 e. The highest BCUT2D eigenvalue weighted by molar-refractivity contribution is 5.94. The molecule has 0 saturated carbocycles. The summed E-state index contributed by atoms with van der Waals surface area (Å²) in [6, 6.07) is 7.28. The molecule has 2 amide bonds. The van der Waals surface area contributed by atoms with Gasteiger partial charge in [-0.05, 0) is 37.0 Å². The molecule has 1 atom stereocenters. The first-order valence-electron chi connectivity index (χ1n) is 8.87. The smallest absolute Gasteiger partial charge is 0.251 e. The Kier molecular flexibility index (Phi) is 7.17. The Hall–Kier alpha value is -1.88. The first-order valence-corrected chi connectivity index (χ1v) is 8.87. The zero-order valence-electron chi connectivity index (χ0n) is 16.4. The van der Waals surface area contributed by atoms with Gasteiger partial charge in [0.15, 0.2) is 0 Å². The molecule has 0 aliphatic rings. The molecular weight excluding hydrogens is 314 g/mol. The van der Waals surface area contributed by atoms with E-state index in [1.54, 1.807) is 12.1 Å². The average Bonchev–Trinajstić information content (AvgIpc) is 2.51. The number of rotatable bonds is 7. The summed E-state index contributed by atoms with van der Waals surface area (Å²) in [7, 11) is 0. The second-order valence-electron chi connectivity index (χ2n) is 8.45. The van der Waals surface area contributed by atoms with Gasteiger partial charge in [-0.25, -0.2) is 0 Å². The van der Waals surface area contributed by atoms with Gasteiger partial charge in [0.25, 0.3) is 5.91 Å². The minimum absolute atomic E-state index is 0.00159. The van der Waals surface area contributed by atoms with Gasteiger partial charge in [0.1, 0.15) is 0 Å². The Morgan fingerprint density at radius 3 is 2.08 bits per heavy atom. The fourth-order valence-corrected chi connectivity index (χ4v) is 2.65. The largest absolute Gasteiger partial charge is 0.352 e. The predicted molar refractivity (Wildman–Crippen MR) is 102 cm³/mol. The molecule has 1 aromatic carbocycles. The zero-order chi connectivity index (χ0) is 19.3. The van der Waals surface area contributed by atoms with Gasteiger partial charge >= 0.3 is 0 Å². The van der Waals surface area contributed by atoms with Gasteiger partial charge in [-0.3, -0.25) is 9.59 Å². The lowest BCUT2D eigenvalue weighted by Crippen LogP contribution is -2.52. The third-order valence-electron chi connectivity index (χ3n) is 4.07. The molecule has 1 unspecified atom stereocenters. The summed E-state index contributed by atoms with van der Waals surface area (Å²) >= 11 is 0. The van der Waals surface area contributed by atoms with Crippen molar-refractivity contribution in [3.8, 4) is 0 Å². The van der Waals surface area contributed by atoms with Gasteiger partial charge in [0.2, 0.25) is 5.91 Å². The highest BCUT2D eigenvalue weighted by atomic mass is 16.2. The minimum Gasteiger partial charge on any atom is -0.352 e. The summed E-state index contributed by atoms with van der Waals surface area (Å²) in [6.07, 6.45) is 0.826. The van der Waals surface area contributed by atoms with Crippen molar-refractivity contribution >= 4 is 11.8 Å². The lowest BCUT2D eigenvalue weighted by molar-refractivity contribution is -0.128. The zero-order valence-corrected chi connectivity index (χ0v) is 16.4. The maximum absolute atomic E-state index is 12.5. The van der Waals surface area contributed by atoms with Crippen LogP contribution in [0.2, 0.25) is 0 Å². The highest BCUT2D eigenvalue weighted by Crippen LogP contribution is 2.17. The van der Waals surface area contributed by atoms with Gasteiger partial charge in [-0.2, -0.15) is 0 Å². The molecule has 5 nitrogen and oxygen atoms in total. The second-order valence-corrected chi connectivity index (χ2v) is 8.45. The van der Waals surface area contributed by atoms with E-state index in [1.807, 2.05) is 39.8 Å². The molecule has 0 bridgehead atoms. The minimum atomic E-state index is -0.414. The van der Waals surface area contributed by atoms with Gasteiger partial charge in [0.05, 0.1) is 0 Å². The SMILES string of the molecule is CC(C)CC(C)(CN)NC(=O)c1ccc(CNC(=O)C(C)(C)C)cc1. The summed E-state index contributed by atoms with van der Waals surface area (Å²) in [5.41, 5.74) is 6.58. The molecule has 0 aliphatic carbocycles. The first kappa shape index (κ1) is 21.2. The van der Waals surface area contributed by atoms with Gasteiger partial charge < -0.3 is 16.4 Å². The van der Waals surface area contributed by atoms with E-state index in [9.17, 15) is 9.59 Å². The second kappa shape index (κ2) is 8.48. The van der Waals surface area contributed by atoms with E-state index >= 15 is 0 Å². The van der Waals surface area contributed by atoms with Crippen LogP contribution in [0.5, 0.6) is 0 Å². The van der Waals surface area contributed by atoms with E-state index in [0.29, 0.717) is 24.6 Å². The lowest BCUT2D eigenvalue weighted by atomic mass is 9.90. The predicted octanol–water partition coefficient (Wildman–Crippen LogP) is 2.84. The van der Waals surface area contributed by atoms with Crippen LogP contribution in [0.4, 0.5) is 0 Å². The van der Waals surface area contributed by atoms with Crippen molar-refractivity contribution in [1.82, 2.24) is 10.6 Å². The Labute approximate surface area is 151 Å². The number of benzene rings is 1. The highest BCUT2D eigenvalue weighted by Gasteiger charge is 2.26. The first-order chi connectivity index (χ1) is 11.5. The van der Waals surface area contributed by atoms with Crippen LogP contribution in [0, 0.1) is 11.3 Å². The van der Waals surface area contributed by atoms with E-state index < -0.39 is 11.0 Å². The Morgan fingerprint density at radius 1 is 1.08 bits per heavy atom. The molecule has 0 aliphatic heterocycles. The summed E-state index contributed by atoms with van der Waals surface area (Å²) in [5, 5.41) is 5.95. The van der Waals surface area contributed by atoms with Crippen LogP contribution in [-0.2, 0) is 11.3 Å². The molecule has 1 aromatic rings. The number of carbonyl (C=O) groups excluding carboxylic acids is 2. The number of nitrogens with one attached hydrogen (secondary N) is 2. The third-order valence-corrected chi connectivity index (χ3v) is 4.07. The summed E-state index contributed by atoms with van der Waals surface area (Å²) in [5.74, 6) is 0.322. The lowest BCUT2D eigenvalue weighted by Gasteiger charge is -2.31. The standard InChI is InChI=1S/C20H33N3O2/c1-14(2)11-20(6,13-21)23-17(24)16-9-7-15(8-10-16)12-22-18(25)19(3,4)5/h7-10,14H,11-13,21H2,1-6H3,(H,22,25)(H,23,24). The molecule has 0 spiro atoms. The quantitative estimate of drug-likeness (QED) is 0.709. The van der Waals surface area contributed by atoms with Crippen molar-refractivity contribution in [2.75, 3.05) is 6.54 Å². The van der Waals surface area contributed by atoms with E-state index in [4.69, 9.17) is 5.73 Å². The molecule has 0 radical (unpaired) electrons. The summed E-state index contributed by atoms with van der Waals surface area (Å²) in [4.78, 5) is 24.4. The summed E-state index contributed by atoms with van der Waals surface area (Å²) in [6.45, 7) is 12.7. The topological polar surface area (TPSA) is 84.2 Å². The number of nitrogens with two attached hydrogens (primary N) is 1. The fraction of sp³-hybridized carbons (Fsp3) is 0.600. The Bertz CT molecular complexity index is 588.